The summed E-state index contributed by atoms with van der Waals surface area (Å²) in [4.78, 5) is 14.8. The van der Waals surface area contributed by atoms with Crippen LogP contribution in [0, 0.1) is 0 Å². The molecule has 0 radical (unpaired) electrons. The van der Waals surface area contributed by atoms with E-state index in [-0.39, 0.29) is 5.92 Å². The standard InChI is InChI=1S/C11H15NO/c13-11-7-3-1-2-5-9(11)10-6-4-8-12-10/h4,6,8-9,12H,1-3,5,7H2. The molecule has 0 aliphatic heterocycles. The molecule has 1 fully saturated rings. The third-order valence-electron chi connectivity index (χ3n) is 2.80. The number of aromatic nitrogens is 1. The highest BCUT2D eigenvalue weighted by Crippen LogP contribution is 2.27. The number of hydrogen-bond acceptors (Lipinski definition) is 1. The average Bonchev–Trinajstić information content (AvgIpc) is 2.56. The molecule has 1 unspecified atom stereocenters. The highest BCUT2D eigenvalue weighted by Gasteiger charge is 2.22. The lowest BCUT2D eigenvalue weighted by molar-refractivity contribution is -0.120. The molecule has 0 spiro atoms. The first kappa shape index (κ1) is 8.54. The molecule has 70 valence electrons. The third-order valence-corrected chi connectivity index (χ3v) is 2.80. The van der Waals surface area contributed by atoms with E-state index in [1.165, 1.54) is 12.8 Å². The first-order chi connectivity index (χ1) is 6.38. The second kappa shape index (κ2) is 3.77. The smallest absolute Gasteiger partial charge is 0.141 e. The number of ketones is 1. The van der Waals surface area contributed by atoms with Crippen molar-refractivity contribution in [3.05, 3.63) is 24.0 Å². The molecule has 2 nitrogen and oxygen atoms in total. The van der Waals surface area contributed by atoms with Gasteiger partial charge in [0.25, 0.3) is 0 Å². The molecule has 1 N–H and O–H groups in total. The second-order valence-corrected chi connectivity index (χ2v) is 3.74. The molecule has 2 heteroatoms. The van der Waals surface area contributed by atoms with Crippen LogP contribution in [0.25, 0.3) is 0 Å². The Hall–Kier alpha value is -1.05. The van der Waals surface area contributed by atoms with Gasteiger partial charge in [0.2, 0.25) is 0 Å². The van der Waals surface area contributed by atoms with Gasteiger partial charge in [0.05, 0.1) is 5.92 Å². The molecule has 0 saturated heterocycles. The lowest BCUT2D eigenvalue weighted by Gasteiger charge is -2.10. The highest BCUT2D eigenvalue weighted by molar-refractivity contribution is 5.85. The van der Waals surface area contributed by atoms with E-state index in [1.54, 1.807) is 0 Å². The topological polar surface area (TPSA) is 32.9 Å². The van der Waals surface area contributed by atoms with Gasteiger partial charge in [0.15, 0.2) is 0 Å². The van der Waals surface area contributed by atoms with Crippen LogP contribution in [0.4, 0.5) is 0 Å². The minimum Gasteiger partial charge on any atom is -0.364 e. The van der Waals surface area contributed by atoms with Crippen molar-refractivity contribution in [3.8, 4) is 0 Å². The Kier molecular flexibility index (Phi) is 2.48. The number of H-pyrrole nitrogens is 1. The second-order valence-electron chi connectivity index (χ2n) is 3.74. The van der Waals surface area contributed by atoms with Crippen LogP contribution in [-0.2, 0) is 4.79 Å². The van der Waals surface area contributed by atoms with Gasteiger partial charge in [-0.1, -0.05) is 12.8 Å². The van der Waals surface area contributed by atoms with E-state index in [1.807, 2.05) is 18.3 Å². The summed E-state index contributed by atoms with van der Waals surface area (Å²) in [6.45, 7) is 0. The van der Waals surface area contributed by atoms with Crippen LogP contribution in [0.15, 0.2) is 18.3 Å². The molecule has 1 aliphatic rings. The molecule has 1 saturated carbocycles. The molecule has 1 aromatic rings. The van der Waals surface area contributed by atoms with Gasteiger partial charge in [-0.15, -0.1) is 0 Å². The fourth-order valence-electron chi connectivity index (χ4n) is 2.05. The zero-order chi connectivity index (χ0) is 9.10. The first-order valence-corrected chi connectivity index (χ1v) is 5.04. The maximum absolute atomic E-state index is 11.7. The van der Waals surface area contributed by atoms with Crippen molar-refractivity contribution in [1.82, 2.24) is 4.98 Å². The molecule has 0 aromatic carbocycles. The minimum absolute atomic E-state index is 0.150. The molecule has 0 bridgehead atoms. The third kappa shape index (κ3) is 1.82. The molecular formula is C11H15NO. The van der Waals surface area contributed by atoms with Crippen molar-refractivity contribution in [2.45, 2.75) is 38.0 Å². The van der Waals surface area contributed by atoms with Crippen molar-refractivity contribution in [3.63, 3.8) is 0 Å². The summed E-state index contributed by atoms with van der Waals surface area (Å²) in [5.41, 5.74) is 1.10. The lowest BCUT2D eigenvalue weighted by atomic mass is 9.96. The van der Waals surface area contributed by atoms with E-state index in [2.05, 4.69) is 4.98 Å². The summed E-state index contributed by atoms with van der Waals surface area (Å²) in [7, 11) is 0. The quantitative estimate of drug-likeness (QED) is 0.657. The molecule has 0 amide bonds. The molecule has 1 heterocycles. The van der Waals surface area contributed by atoms with Crippen molar-refractivity contribution in [1.29, 1.82) is 0 Å². The number of carbonyl (C=O) groups excluding carboxylic acids is 1. The van der Waals surface area contributed by atoms with Gasteiger partial charge in [-0.3, -0.25) is 4.79 Å². The van der Waals surface area contributed by atoms with Crippen LogP contribution in [-0.4, -0.2) is 10.8 Å². The summed E-state index contributed by atoms with van der Waals surface area (Å²) < 4.78 is 0. The van der Waals surface area contributed by atoms with Crippen LogP contribution in [0.3, 0.4) is 0 Å². The maximum Gasteiger partial charge on any atom is 0.141 e. The molecule has 2 rings (SSSR count). The summed E-state index contributed by atoms with van der Waals surface area (Å²) in [6.07, 6.45) is 7.17. The minimum atomic E-state index is 0.150. The van der Waals surface area contributed by atoms with Crippen molar-refractivity contribution >= 4 is 5.78 Å². The van der Waals surface area contributed by atoms with E-state index in [0.29, 0.717) is 5.78 Å². The molecular weight excluding hydrogens is 162 g/mol. The van der Waals surface area contributed by atoms with Crippen LogP contribution in [0.1, 0.15) is 43.7 Å². The summed E-state index contributed by atoms with van der Waals surface area (Å²) in [6, 6.07) is 3.99. The number of carbonyl (C=O) groups is 1. The zero-order valence-electron chi connectivity index (χ0n) is 7.75. The molecule has 13 heavy (non-hydrogen) atoms. The lowest BCUT2D eigenvalue weighted by Crippen LogP contribution is -2.10. The number of hydrogen-bond donors (Lipinski definition) is 1. The highest BCUT2D eigenvalue weighted by atomic mass is 16.1. The van der Waals surface area contributed by atoms with Gasteiger partial charge in [-0.05, 0) is 25.0 Å². The predicted octanol–water partition coefficient (Wildman–Crippen LogP) is 2.63. The van der Waals surface area contributed by atoms with E-state index >= 15 is 0 Å². The Morgan fingerprint density at radius 1 is 1.31 bits per heavy atom. The Morgan fingerprint density at radius 2 is 2.23 bits per heavy atom. The van der Waals surface area contributed by atoms with Crippen molar-refractivity contribution in [2.24, 2.45) is 0 Å². The largest absolute Gasteiger partial charge is 0.364 e. The average molecular weight is 177 g/mol. The number of aromatic amines is 1. The van der Waals surface area contributed by atoms with Crippen LogP contribution in [0.2, 0.25) is 0 Å². The van der Waals surface area contributed by atoms with Crippen LogP contribution in [0.5, 0.6) is 0 Å². The number of nitrogens with one attached hydrogen (secondary N) is 1. The predicted molar refractivity (Wildman–Crippen MR) is 51.6 cm³/mol. The monoisotopic (exact) mass is 177 g/mol. The van der Waals surface area contributed by atoms with Gasteiger partial charge in [0, 0.05) is 18.3 Å². The molecule has 1 atom stereocenters. The van der Waals surface area contributed by atoms with E-state index in [4.69, 9.17) is 0 Å². The fraction of sp³-hybridized carbons (Fsp3) is 0.545. The summed E-state index contributed by atoms with van der Waals surface area (Å²) >= 11 is 0. The summed E-state index contributed by atoms with van der Waals surface area (Å²) in [5.74, 6) is 0.567. The van der Waals surface area contributed by atoms with E-state index < -0.39 is 0 Å². The number of Topliss-reactive ketones (excluding diaryl/α,β-unsaturated/α-hetero) is 1. The Labute approximate surface area is 78.4 Å². The van der Waals surface area contributed by atoms with Gasteiger partial charge in [-0.25, -0.2) is 0 Å². The molecule has 1 aromatic heterocycles. The van der Waals surface area contributed by atoms with E-state index in [9.17, 15) is 4.79 Å². The molecule has 1 aliphatic carbocycles. The van der Waals surface area contributed by atoms with Crippen LogP contribution < -0.4 is 0 Å². The van der Waals surface area contributed by atoms with Gasteiger partial charge >= 0.3 is 0 Å². The SMILES string of the molecule is O=C1CCCCCC1c1ccc[nH]1. The van der Waals surface area contributed by atoms with Crippen molar-refractivity contribution in [2.75, 3.05) is 0 Å². The Bertz CT molecular complexity index is 276. The van der Waals surface area contributed by atoms with E-state index in [0.717, 1.165) is 25.0 Å². The summed E-state index contributed by atoms with van der Waals surface area (Å²) in [5, 5.41) is 0. The Balaban J connectivity index is 2.16. The first-order valence-electron chi connectivity index (χ1n) is 5.04. The van der Waals surface area contributed by atoms with Gasteiger partial charge < -0.3 is 4.98 Å². The normalized spacial score (nSPS) is 24.3. The number of rotatable bonds is 1. The zero-order valence-corrected chi connectivity index (χ0v) is 7.75. The fourth-order valence-corrected chi connectivity index (χ4v) is 2.05. The maximum atomic E-state index is 11.7. The van der Waals surface area contributed by atoms with Gasteiger partial charge in [0.1, 0.15) is 5.78 Å². The van der Waals surface area contributed by atoms with Gasteiger partial charge in [-0.2, -0.15) is 0 Å². The Morgan fingerprint density at radius 3 is 3.00 bits per heavy atom. The van der Waals surface area contributed by atoms with Crippen LogP contribution >= 0.6 is 0 Å². The van der Waals surface area contributed by atoms with Crippen molar-refractivity contribution < 1.29 is 4.79 Å².